The molecule has 0 spiro atoms. The van der Waals surface area contributed by atoms with Gasteiger partial charge in [0.15, 0.2) is 17.5 Å². The van der Waals surface area contributed by atoms with E-state index in [0.717, 1.165) is 4.57 Å². The molecule has 3 N–H and O–H groups in total. The minimum atomic E-state index is -1.68. The average molecular weight is 600 g/mol. The van der Waals surface area contributed by atoms with Crippen molar-refractivity contribution in [1.82, 2.24) is 29.3 Å². The molecule has 1 amide bonds. The van der Waals surface area contributed by atoms with Crippen LogP contribution in [-0.4, -0.2) is 64.2 Å². The van der Waals surface area contributed by atoms with Crippen LogP contribution in [0.2, 0.25) is 0 Å². The fourth-order valence-corrected chi connectivity index (χ4v) is 4.03. The first-order chi connectivity index (χ1) is 20.5. The van der Waals surface area contributed by atoms with Crippen molar-refractivity contribution in [1.29, 1.82) is 0 Å². The van der Waals surface area contributed by atoms with Gasteiger partial charge in [-0.2, -0.15) is 4.98 Å². The van der Waals surface area contributed by atoms with Gasteiger partial charge >= 0.3 is 11.4 Å². The Kier molecular flexibility index (Phi) is 9.45. The summed E-state index contributed by atoms with van der Waals surface area (Å²) >= 11 is 0. The Bertz CT molecular complexity index is 1790. The number of hydrogen-bond donors (Lipinski definition) is 3. The lowest BCUT2D eigenvalue weighted by Gasteiger charge is -2.16. The Balaban J connectivity index is 1.75. The Morgan fingerprint density at radius 3 is 2.30 bits per heavy atom. The average Bonchev–Trinajstić information content (AvgIpc) is 2.97. The van der Waals surface area contributed by atoms with E-state index in [9.17, 15) is 32.3 Å². The number of H-pyrrole nitrogens is 1. The van der Waals surface area contributed by atoms with Gasteiger partial charge in [-0.25, -0.2) is 27.3 Å². The van der Waals surface area contributed by atoms with E-state index in [1.165, 1.54) is 19.4 Å². The molecule has 15 heteroatoms. The predicted octanol–water partition coefficient (Wildman–Crippen LogP) is 1.65. The number of hydrogen-bond acceptors (Lipinski definition) is 8. The molecular formula is C28H28F3N7O5. The number of likely N-dealkylation sites (N-methyl/N-ethyl adjacent to an activating group) is 1. The predicted molar refractivity (Wildman–Crippen MR) is 152 cm³/mol. The maximum atomic E-state index is 14.0. The lowest BCUT2D eigenvalue weighted by Crippen LogP contribution is -2.43. The molecule has 0 fully saturated rings. The van der Waals surface area contributed by atoms with Crippen LogP contribution in [0.4, 0.5) is 24.8 Å². The van der Waals surface area contributed by atoms with Crippen LogP contribution in [0.3, 0.4) is 0 Å². The number of nitrogens with zero attached hydrogens (tertiary/aromatic N) is 4. The molecule has 12 nitrogen and oxygen atoms in total. The monoisotopic (exact) mass is 599 g/mol. The maximum Gasteiger partial charge on any atom is 0.355 e. The van der Waals surface area contributed by atoms with Crippen molar-refractivity contribution in [3.05, 3.63) is 114 Å². The third-order valence-electron chi connectivity index (χ3n) is 6.30. The van der Waals surface area contributed by atoms with Gasteiger partial charge in [-0.1, -0.05) is 0 Å². The molecule has 4 aromatic rings. The Hall–Kier alpha value is -5.18. The third kappa shape index (κ3) is 7.37. The van der Waals surface area contributed by atoms with Gasteiger partial charge in [0.25, 0.3) is 11.5 Å². The second-order valence-corrected chi connectivity index (χ2v) is 9.70. The number of methoxy groups -OCH3 is 1. The molecule has 0 aliphatic heterocycles. The second-order valence-electron chi connectivity index (χ2n) is 9.70. The second kappa shape index (κ2) is 13.2. The van der Waals surface area contributed by atoms with E-state index in [0.29, 0.717) is 41.2 Å². The smallest absolute Gasteiger partial charge is 0.355 e. The minimum Gasteiger partial charge on any atom is -0.497 e. The van der Waals surface area contributed by atoms with Crippen molar-refractivity contribution in [2.75, 3.05) is 39.6 Å². The number of aromatic amines is 1. The van der Waals surface area contributed by atoms with E-state index in [1.807, 2.05) is 19.0 Å². The number of pyridine rings is 1. The number of anilines is 2. The highest BCUT2D eigenvalue weighted by Gasteiger charge is 2.19. The molecule has 4 rings (SSSR count). The Labute approximate surface area is 242 Å². The molecule has 0 aliphatic rings. The van der Waals surface area contributed by atoms with E-state index < -0.39 is 53.4 Å². The lowest BCUT2D eigenvalue weighted by atomic mass is 10.2. The summed E-state index contributed by atoms with van der Waals surface area (Å²) in [7, 11) is 5.15. The molecule has 0 bridgehead atoms. The number of halogens is 3. The molecule has 2 aromatic carbocycles. The van der Waals surface area contributed by atoms with Crippen molar-refractivity contribution in [3.63, 3.8) is 0 Å². The molecule has 0 atom stereocenters. The number of rotatable bonds is 11. The minimum absolute atomic E-state index is 0.0877. The van der Waals surface area contributed by atoms with Gasteiger partial charge < -0.3 is 25.3 Å². The largest absolute Gasteiger partial charge is 0.497 e. The normalized spacial score (nSPS) is 11.0. The summed E-state index contributed by atoms with van der Waals surface area (Å²) in [5, 5.41) is 5.51. The zero-order valence-corrected chi connectivity index (χ0v) is 23.4. The lowest BCUT2D eigenvalue weighted by molar-refractivity contribution is 0.0950. The summed E-state index contributed by atoms with van der Waals surface area (Å²) in [6.07, 6.45) is 1.20. The van der Waals surface area contributed by atoms with Gasteiger partial charge in [-0.3, -0.25) is 14.2 Å². The number of amides is 1. The highest BCUT2D eigenvalue weighted by atomic mass is 19.2. The van der Waals surface area contributed by atoms with Crippen LogP contribution in [0.25, 0.3) is 0 Å². The van der Waals surface area contributed by atoms with Gasteiger partial charge in [0.05, 0.1) is 25.8 Å². The van der Waals surface area contributed by atoms with Crippen LogP contribution >= 0.6 is 0 Å². The number of nitrogens with one attached hydrogen (secondary N) is 3. The van der Waals surface area contributed by atoms with Crippen LogP contribution in [0.15, 0.2) is 63.0 Å². The van der Waals surface area contributed by atoms with E-state index in [2.05, 4.69) is 20.6 Å². The van der Waals surface area contributed by atoms with Crippen molar-refractivity contribution in [3.8, 4) is 5.75 Å². The molecule has 0 radical (unpaired) electrons. The van der Waals surface area contributed by atoms with Crippen molar-refractivity contribution < 1.29 is 22.7 Å². The molecule has 0 aliphatic carbocycles. The van der Waals surface area contributed by atoms with Crippen molar-refractivity contribution in [2.45, 2.75) is 13.1 Å². The van der Waals surface area contributed by atoms with Gasteiger partial charge in [-0.05, 0) is 62.1 Å². The highest BCUT2D eigenvalue weighted by molar-refractivity contribution is 5.94. The van der Waals surface area contributed by atoms with E-state index in [1.54, 1.807) is 24.3 Å². The van der Waals surface area contributed by atoms with Crippen molar-refractivity contribution >= 4 is 17.5 Å². The summed E-state index contributed by atoms with van der Waals surface area (Å²) in [4.78, 5) is 60.1. The van der Waals surface area contributed by atoms with E-state index in [4.69, 9.17) is 4.74 Å². The number of carbonyl (C=O) groups excluding carboxylic acids is 1. The fourth-order valence-electron chi connectivity index (χ4n) is 4.03. The van der Waals surface area contributed by atoms with Crippen LogP contribution < -0.4 is 32.3 Å². The van der Waals surface area contributed by atoms with Crippen LogP contribution in [0.5, 0.6) is 5.75 Å². The number of benzene rings is 2. The van der Waals surface area contributed by atoms with Crippen LogP contribution in [-0.2, 0) is 13.1 Å². The molecular weight excluding hydrogens is 571 g/mol. The first-order valence-corrected chi connectivity index (χ1v) is 12.9. The third-order valence-corrected chi connectivity index (χ3v) is 6.30. The van der Waals surface area contributed by atoms with Gasteiger partial charge in [0, 0.05) is 30.5 Å². The molecule has 0 saturated heterocycles. The quantitative estimate of drug-likeness (QED) is 0.221. The van der Waals surface area contributed by atoms with E-state index in [-0.39, 0.29) is 22.6 Å². The topological polar surface area (TPSA) is 143 Å². The van der Waals surface area contributed by atoms with Gasteiger partial charge in [-0.15, -0.1) is 0 Å². The van der Waals surface area contributed by atoms with Crippen LogP contribution in [0, 0.1) is 17.5 Å². The molecule has 2 heterocycles. The Morgan fingerprint density at radius 2 is 1.67 bits per heavy atom. The molecule has 43 heavy (non-hydrogen) atoms. The Morgan fingerprint density at radius 1 is 1.00 bits per heavy atom. The summed E-state index contributed by atoms with van der Waals surface area (Å²) in [6.45, 7) is -0.194. The van der Waals surface area contributed by atoms with Gasteiger partial charge in [0.1, 0.15) is 5.75 Å². The zero-order valence-electron chi connectivity index (χ0n) is 23.4. The summed E-state index contributed by atoms with van der Waals surface area (Å²) in [5.74, 6) is -4.86. The van der Waals surface area contributed by atoms with Gasteiger partial charge in [0.2, 0.25) is 5.95 Å². The zero-order chi connectivity index (χ0) is 31.3. The number of carbonyl (C=O) groups is 1. The first-order valence-electron chi connectivity index (χ1n) is 12.9. The summed E-state index contributed by atoms with van der Waals surface area (Å²) in [6, 6.07) is 9.02. The highest BCUT2D eigenvalue weighted by Crippen LogP contribution is 2.19. The molecule has 0 saturated carbocycles. The summed E-state index contributed by atoms with van der Waals surface area (Å²) < 4.78 is 48.2. The first kappa shape index (κ1) is 30.8. The van der Waals surface area contributed by atoms with Crippen LogP contribution in [0.1, 0.15) is 21.5 Å². The number of aromatic nitrogens is 4. The fraction of sp³-hybridized carbons (Fsp3) is 0.250. The summed E-state index contributed by atoms with van der Waals surface area (Å²) in [5.41, 5.74) is -2.47. The van der Waals surface area contributed by atoms with E-state index >= 15 is 0 Å². The maximum absolute atomic E-state index is 14.0. The molecule has 226 valence electrons. The molecule has 0 unspecified atom stereocenters. The number of ether oxygens (including phenoxy) is 1. The SMILES string of the molecule is COc1ccc(Nc2nc(=O)n(Cc3cc(C(=O)NCCN(C)C)c[nH]c3=O)c(=O)n2Cc2cc(F)c(F)c(F)c2)cc1. The standard InChI is InChI=1S/C28H28F3N7O5/c1-36(2)9-8-32-24(39)17-12-18(25(40)33-13-17)15-38-27(41)35-26(34-19-4-6-20(43-3)7-5-19)37(28(38)42)14-16-10-21(29)23(31)22(30)11-16/h4-7,10-13H,8-9,14-15H2,1-3H3,(H,32,39)(H,33,40)(H,34,35,41). The molecule has 2 aromatic heterocycles. The van der Waals surface area contributed by atoms with Crippen molar-refractivity contribution in [2.24, 2.45) is 0 Å².